The molecule has 0 saturated carbocycles. The van der Waals surface area contributed by atoms with Gasteiger partial charge in [0.1, 0.15) is 23.7 Å². The molecule has 156 valence electrons. The van der Waals surface area contributed by atoms with Gasteiger partial charge in [0.2, 0.25) is 15.9 Å². The second-order valence-electron chi connectivity index (χ2n) is 6.24. The molecule has 2 aromatic rings. The number of primary sulfonamides is 1. The highest BCUT2D eigenvalue weighted by Gasteiger charge is 2.35. The van der Waals surface area contributed by atoms with Crippen LogP contribution in [0, 0.1) is 0 Å². The van der Waals surface area contributed by atoms with Gasteiger partial charge in [-0.3, -0.25) is 9.59 Å². The number of phenols is 2. The summed E-state index contributed by atoms with van der Waals surface area (Å²) in [6.45, 7) is -0.597. The van der Waals surface area contributed by atoms with Crippen LogP contribution in [0.4, 0.5) is 10.5 Å². The number of amides is 4. The van der Waals surface area contributed by atoms with Gasteiger partial charge in [0.05, 0.1) is 4.90 Å². The summed E-state index contributed by atoms with van der Waals surface area (Å²) in [6.07, 6.45) is 1.21. The first kappa shape index (κ1) is 20.8. The Balaban J connectivity index is 1.69. The van der Waals surface area contributed by atoms with E-state index >= 15 is 0 Å². The van der Waals surface area contributed by atoms with E-state index in [1.54, 1.807) is 0 Å². The molecule has 1 saturated heterocycles. The van der Waals surface area contributed by atoms with Crippen LogP contribution >= 0.6 is 0 Å². The van der Waals surface area contributed by atoms with Gasteiger partial charge in [-0.2, -0.15) is 0 Å². The van der Waals surface area contributed by atoms with Crippen LogP contribution in [0.5, 0.6) is 11.5 Å². The molecule has 0 bridgehead atoms. The lowest BCUT2D eigenvalue weighted by Crippen LogP contribution is -2.38. The second-order valence-corrected chi connectivity index (χ2v) is 7.80. The predicted octanol–water partition coefficient (Wildman–Crippen LogP) is 0.277. The summed E-state index contributed by atoms with van der Waals surface area (Å²) in [5.74, 6) is -1.96. The van der Waals surface area contributed by atoms with Crippen molar-refractivity contribution in [1.82, 2.24) is 10.2 Å². The van der Waals surface area contributed by atoms with Crippen LogP contribution < -0.4 is 15.8 Å². The lowest BCUT2D eigenvalue weighted by atomic mass is 10.1. The number of carbonyl (C=O) groups excluding carboxylic acids is 3. The highest BCUT2D eigenvalue weighted by Crippen LogP contribution is 2.25. The molecule has 1 fully saturated rings. The third-order valence-electron chi connectivity index (χ3n) is 4.04. The summed E-state index contributed by atoms with van der Waals surface area (Å²) in [5, 5.41) is 28.8. The minimum atomic E-state index is -3.88. The van der Waals surface area contributed by atoms with E-state index in [-0.39, 0.29) is 33.3 Å². The fraction of sp³-hybridized carbons (Fsp3) is 0.0556. The summed E-state index contributed by atoms with van der Waals surface area (Å²) < 4.78 is 22.5. The molecule has 1 heterocycles. The standard InChI is InChI=1S/C18H16N4O7S/c19-30(28,29)13-5-2-11(3-6-13)20-16(25)9-22-17(26)14(21-18(22)27)7-10-1-4-12(23)8-15(10)24/h1-8,23-24H,9H2,(H,20,25)(H,21,27)(H2,19,28,29)/b14-7-. The van der Waals surface area contributed by atoms with Crippen LogP contribution in [0.15, 0.2) is 53.1 Å². The van der Waals surface area contributed by atoms with Crippen molar-refractivity contribution in [3.8, 4) is 11.5 Å². The Kier molecular flexibility index (Phi) is 5.45. The summed E-state index contributed by atoms with van der Waals surface area (Å²) in [4.78, 5) is 37.2. The number of carbonyl (C=O) groups is 3. The summed E-state index contributed by atoms with van der Waals surface area (Å²) in [6, 6.07) is 7.89. The zero-order chi connectivity index (χ0) is 22.1. The van der Waals surface area contributed by atoms with Gasteiger partial charge in [-0.15, -0.1) is 0 Å². The largest absolute Gasteiger partial charge is 0.508 e. The lowest BCUT2D eigenvalue weighted by molar-refractivity contribution is -0.127. The van der Waals surface area contributed by atoms with Gasteiger partial charge < -0.3 is 20.8 Å². The molecule has 4 amide bonds. The third-order valence-corrected chi connectivity index (χ3v) is 4.97. The monoisotopic (exact) mass is 432 g/mol. The van der Waals surface area contributed by atoms with Crippen LogP contribution in [0.2, 0.25) is 0 Å². The molecule has 1 aliphatic rings. The first-order valence-electron chi connectivity index (χ1n) is 8.34. The van der Waals surface area contributed by atoms with Crippen molar-refractivity contribution in [3.63, 3.8) is 0 Å². The average molecular weight is 432 g/mol. The lowest BCUT2D eigenvalue weighted by Gasteiger charge is -2.12. The Morgan fingerprint density at radius 3 is 2.40 bits per heavy atom. The first-order chi connectivity index (χ1) is 14.0. The number of nitrogens with one attached hydrogen (secondary N) is 2. The van der Waals surface area contributed by atoms with Gasteiger partial charge >= 0.3 is 6.03 Å². The molecular weight excluding hydrogens is 416 g/mol. The third kappa shape index (κ3) is 4.56. The van der Waals surface area contributed by atoms with E-state index in [2.05, 4.69) is 10.6 Å². The second kappa shape index (κ2) is 7.85. The number of hydrogen-bond acceptors (Lipinski definition) is 7. The maximum absolute atomic E-state index is 12.4. The van der Waals surface area contributed by atoms with E-state index in [9.17, 15) is 33.0 Å². The Hall–Kier alpha value is -3.90. The molecule has 6 N–H and O–H groups in total. The molecule has 0 atom stereocenters. The fourth-order valence-corrected chi connectivity index (χ4v) is 3.11. The number of benzene rings is 2. The predicted molar refractivity (Wildman–Crippen MR) is 104 cm³/mol. The van der Waals surface area contributed by atoms with Gasteiger partial charge in [-0.1, -0.05) is 0 Å². The van der Waals surface area contributed by atoms with Crippen LogP contribution in [0.25, 0.3) is 6.08 Å². The molecule has 0 spiro atoms. The van der Waals surface area contributed by atoms with Crippen LogP contribution in [-0.2, 0) is 19.6 Å². The van der Waals surface area contributed by atoms with Gasteiger partial charge in [-0.25, -0.2) is 23.3 Å². The number of rotatable bonds is 5. The molecule has 30 heavy (non-hydrogen) atoms. The van der Waals surface area contributed by atoms with Crippen molar-refractivity contribution in [1.29, 1.82) is 0 Å². The molecule has 12 heteroatoms. The Morgan fingerprint density at radius 2 is 1.80 bits per heavy atom. The van der Waals surface area contributed by atoms with E-state index in [0.29, 0.717) is 4.90 Å². The van der Waals surface area contributed by atoms with E-state index in [1.165, 1.54) is 42.5 Å². The summed E-state index contributed by atoms with van der Waals surface area (Å²) in [5.41, 5.74) is 0.258. The van der Waals surface area contributed by atoms with Crippen LogP contribution in [0.3, 0.4) is 0 Å². The summed E-state index contributed by atoms with van der Waals surface area (Å²) in [7, 11) is -3.88. The zero-order valence-electron chi connectivity index (χ0n) is 15.2. The van der Waals surface area contributed by atoms with E-state index in [0.717, 1.165) is 6.07 Å². The van der Waals surface area contributed by atoms with E-state index in [4.69, 9.17) is 5.14 Å². The molecule has 2 aromatic carbocycles. The Labute approximate surface area is 170 Å². The normalized spacial score (nSPS) is 15.4. The number of anilines is 1. The van der Waals surface area contributed by atoms with Crippen molar-refractivity contribution >= 4 is 39.6 Å². The molecule has 0 radical (unpaired) electrons. The zero-order valence-corrected chi connectivity index (χ0v) is 16.0. The molecule has 3 rings (SSSR count). The number of aromatic hydroxyl groups is 2. The molecule has 0 aliphatic carbocycles. The van der Waals surface area contributed by atoms with Crippen molar-refractivity contribution in [2.75, 3.05) is 11.9 Å². The van der Waals surface area contributed by atoms with Gasteiger partial charge in [0, 0.05) is 17.3 Å². The van der Waals surface area contributed by atoms with Crippen molar-refractivity contribution in [2.24, 2.45) is 5.14 Å². The van der Waals surface area contributed by atoms with Crippen molar-refractivity contribution in [2.45, 2.75) is 4.90 Å². The van der Waals surface area contributed by atoms with Gasteiger partial charge in [0.15, 0.2) is 0 Å². The van der Waals surface area contributed by atoms with Gasteiger partial charge in [0.25, 0.3) is 5.91 Å². The average Bonchev–Trinajstić information content (AvgIpc) is 2.91. The first-order valence-corrected chi connectivity index (χ1v) is 9.88. The Morgan fingerprint density at radius 1 is 1.13 bits per heavy atom. The maximum Gasteiger partial charge on any atom is 0.329 e. The molecule has 1 aliphatic heterocycles. The smallest absolute Gasteiger partial charge is 0.329 e. The van der Waals surface area contributed by atoms with E-state index in [1.807, 2.05) is 0 Å². The van der Waals surface area contributed by atoms with Gasteiger partial charge in [-0.05, 0) is 42.5 Å². The van der Waals surface area contributed by atoms with E-state index < -0.39 is 34.4 Å². The highest BCUT2D eigenvalue weighted by atomic mass is 32.2. The topological polar surface area (TPSA) is 179 Å². The highest BCUT2D eigenvalue weighted by molar-refractivity contribution is 7.89. The SMILES string of the molecule is NS(=O)(=O)c1ccc(NC(=O)CN2C(=O)N/C(=C\c3ccc(O)cc3O)C2=O)cc1. The number of hydrogen-bond donors (Lipinski definition) is 5. The summed E-state index contributed by atoms with van der Waals surface area (Å²) >= 11 is 0. The minimum Gasteiger partial charge on any atom is -0.508 e. The van der Waals surface area contributed by atoms with Crippen molar-refractivity contribution < 1.29 is 33.0 Å². The number of nitrogens with two attached hydrogens (primary N) is 1. The minimum absolute atomic E-state index is 0.137. The Bertz CT molecular complexity index is 1170. The number of nitrogens with zero attached hydrogens (tertiary/aromatic N) is 1. The van der Waals surface area contributed by atoms with Crippen LogP contribution in [0.1, 0.15) is 5.56 Å². The number of sulfonamides is 1. The quantitative estimate of drug-likeness (QED) is 0.332. The number of phenolic OH excluding ortho intramolecular Hbond substituents is 2. The molecule has 0 aromatic heterocycles. The molecule has 11 nitrogen and oxygen atoms in total. The maximum atomic E-state index is 12.4. The number of imide groups is 1. The van der Waals surface area contributed by atoms with Crippen LogP contribution in [-0.4, -0.2) is 47.9 Å². The molecular formula is C18H16N4O7S. The fourth-order valence-electron chi connectivity index (χ4n) is 2.60. The number of urea groups is 1. The van der Waals surface area contributed by atoms with Crippen molar-refractivity contribution in [3.05, 3.63) is 53.7 Å². The molecule has 0 unspecified atom stereocenters.